The number of carboxylic acids is 1. The number of hydrogen-bond acceptors (Lipinski definition) is 18. The fourth-order valence-corrected chi connectivity index (χ4v) is 8.99. The number of aliphatic carboxylic acids is 1. The van der Waals surface area contributed by atoms with Crippen LogP contribution in [0.25, 0.3) is 0 Å². The molecule has 2 aromatic rings. The number of carboxylic acid groups (broad SMARTS) is 1. The number of carbonyl (C=O) groups excluding carboxylic acids is 12. The number of aliphatic hydroxyl groups excluding tert-OH is 2. The standard InChI is InChI=1S/C51H71N13O18/c1-25(66)42(51(81)82)62-47(77)33(21-27-8-12-29(68)13-9-27)60-48(78)36-4-2-18-63(36)50(80)37-5-3-19-64(37)49(79)35(24-65)61-46(76)34(22-40(55)71)57-41(72)23-56-44(74)32(20-26-6-10-28(67)11-7-26)59-45(75)31(15-17-39(54)70)58-43(73)30(52)14-16-38(53)69/h6-13,25,30-37,42,65-68H,2-5,14-24,52H2,1H3,(H2,53,69)(H2,54,70)(H2,55,71)(H,56,74)(H,57,72)(H,58,73)(H,59,75)(H,60,78)(H,61,76)(H,62,77)(H,81,82)/t25-,30+,31+,32+,33+,34+,35+,36+,37+,42+/m1/s1. The molecule has 31 heteroatoms. The van der Waals surface area contributed by atoms with Crippen LogP contribution in [0.2, 0.25) is 0 Å². The van der Waals surface area contributed by atoms with E-state index in [9.17, 15) is 87.9 Å². The maximum Gasteiger partial charge on any atom is 0.328 e. The Kier molecular flexibility index (Phi) is 24.9. The van der Waals surface area contributed by atoms with Gasteiger partial charge in [-0.1, -0.05) is 24.3 Å². The molecule has 2 fully saturated rings. The molecule has 448 valence electrons. The molecule has 10 atom stereocenters. The van der Waals surface area contributed by atoms with Crippen LogP contribution >= 0.6 is 0 Å². The van der Waals surface area contributed by atoms with Gasteiger partial charge in [0, 0.05) is 38.8 Å². The van der Waals surface area contributed by atoms with E-state index < -0.39 is 163 Å². The molecule has 0 saturated carbocycles. The average Bonchev–Trinajstić information content (AvgIpc) is 4.17. The Bertz CT molecular complexity index is 2680. The number of phenols is 2. The average molecular weight is 1150 g/mol. The second-order valence-electron chi connectivity index (χ2n) is 19.7. The van der Waals surface area contributed by atoms with Crippen molar-refractivity contribution in [2.24, 2.45) is 22.9 Å². The molecule has 4 rings (SSSR count). The third-order valence-corrected chi connectivity index (χ3v) is 13.4. The number of nitrogens with zero attached hydrogens (tertiary/aromatic N) is 2. The molecule has 2 aliphatic heterocycles. The number of nitrogens with two attached hydrogens (primary N) is 4. The number of likely N-dealkylation sites (tertiary alicyclic amines) is 2. The van der Waals surface area contributed by atoms with Gasteiger partial charge >= 0.3 is 5.97 Å². The van der Waals surface area contributed by atoms with Gasteiger partial charge in [0.25, 0.3) is 0 Å². The molecule has 12 amide bonds. The van der Waals surface area contributed by atoms with Crippen molar-refractivity contribution in [3.8, 4) is 11.5 Å². The van der Waals surface area contributed by atoms with Crippen LogP contribution in [0.5, 0.6) is 11.5 Å². The second-order valence-corrected chi connectivity index (χ2v) is 19.7. The molecule has 20 N–H and O–H groups in total. The van der Waals surface area contributed by atoms with Crippen molar-refractivity contribution in [3.05, 3.63) is 59.7 Å². The number of aliphatic hydroxyl groups is 2. The van der Waals surface area contributed by atoms with Crippen molar-refractivity contribution < 1.29 is 87.9 Å². The molecule has 2 aliphatic rings. The number of phenolic OH excluding ortho intramolecular Hbond substituents is 2. The number of primary amides is 3. The minimum Gasteiger partial charge on any atom is -0.508 e. The SMILES string of the molecule is C[C@@H](O)[C@H](NC(=O)[C@H](Cc1ccc(O)cc1)NC(=O)[C@@H]1CCCN1C(=O)[C@@H]1CCCN1C(=O)[C@H](CO)NC(=O)[C@H](CC(N)=O)NC(=O)CNC(=O)[C@H](Cc1ccc(O)cc1)NC(=O)[C@H](CCC(N)=O)NC(=O)[C@@H](N)CCC(N)=O)C(=O)O. The lowest BCUT2D eigenvalue weighted by molar-refractivity contribution is -0.148. The van der Waals surface area contributed by atoms with E-state index in [1.54, 1.807) is 0 Å². The van der Waals surface area contributed by atoms with Crippen molar-refractivity contribution in [2.75, 3.05) is 26.2 Å². The summed E-state index contributed by atoms with van der Waals surface area (Å²) in [4.78, 5) is 172. The Morgan fingerprint density at radius 2 is 1.07 bits per heavy atom. The molecule has 2 heterocycles. The van der Waals surface area contributed by atoms with Gasteiger partial charge in [-0.3, -0.25) is 57.5 Å². The van der Waals surface area contributed by atoms with Crippen molar-refractivity contribution >= 4 is 76.9 Å². The highest BCUT2D eigenvalue weighted by atomic mass is 16.4. The highest BCUT2D eigenvalue weighted by Crippen LogP contribution is 2.26. The fraction of sp³-hybridized carbons (Fsp3) is 0.510. The van der Waals surface area contributed by atoms with Crippen LogP contribution in [-0.2, 0) is 75.2 Å². The molecule has 0 aliphatic carbocycles. The summed E-state index contributed by atoms with van der Waals surface area (Å²) in [5, 5.41) is 65.9. The van der Waals surface area contributed by atoms with Crippen LogP contribution in [0.3, 0.4) is 0 Å². The summed E-state index contributed by atoms with van der Waals surface area (Å²) in [5.74, 6) is -13.2. The maximum absolute atomic E-state index is 14.3. The van der Waals surface area contributed by atoms with Gasteiger partial charge in [-0.2, -0.15) is 0 Å². The molecular weight excluding hydrogens is 1080 g/mol. The molecule has 0 unspecified atom stereocenters. The third-order valence-electron chi connectivity index (χ3n) is 13.4. The molecule has 2 aromatic carbocycles. The van der Waals surface area contributed by atoms with Crippen LogP contribution in [0.4, 0.5) is 0 Å². The van der Waals surface area contributed by atoms with Gasteiger partial charge in [0.1, 0.15) is 53.8 Å². The van der Waals surface area contributed by atoms with E-state index in [2.05, 4.69) is 37.2 Å². The zero-order chi connectivity index (χ0) is 61.0. The van der Waals surface area contributed by atoms with E-state index >= 15 is 0 Å². The summed E-state index contributed by atoms with van der Waals surface area (Å²) in [6.07, 6.45) is -3.38. The number of amides is 12. The molecule has 2 saturated heterocycles. The number of hydrogen-bond donors (Lipinski definition) is 16. The molecule has 82 heavy (non-hydrogen) atoms. The number of rotatable bonds is 31. The van der Waals surface area contributed by atoms with E-state index in [1.807, 2.05) is 0 Å². The van der Waals surface area contributed by atoms with Crippen LogP contribution in [0.1, 0.15) is 75.8 Å². The van der Waals surface area contributed by atoms with Crippen LogP contribution in [-0.4, -0.2) is 199 Å². The van der Waals surface area contributed by atoms with Crippen LogP contribution in [0.15, 0.2) is 48.5 Å². The van der Waals surface area contributed by atoms with Gasteiger partial charge in [0.2, 0.25) is 70.9 Å². The maximum atomic E-state index is 14.3. The van der Waals surface area contributed by atoms with Gasteiger partial charge < -0.3 is 95.5 Å². The summed E-state index contributed by atoms with van der Waals surface area (Å²) in [5.41, 5.74) is 22.5. The molecule has 0 spiro atoms. The summed E-state index contributed by atoms with van der Waals surface area (Å²) < 4.78 is 0. The molecule has 0 bridgehead atoms. The Morgan fingerprint density at radius 1 is 0.585 bits per heavy atom. The zero-order valence-electron chi connectivity index (χ0n) is 44.7. The van der Waals surface area contributed by atoms with Crippen molar-refractivity contribution in [1.29, 1.82) is 0 Å². The highest BCUT2D eigenvalue weighted by molar-refractivity contribution is 5.99. The summed E-state index contributed by atoms with van der Waals surface area (Å²) >= 11 is 0. The largest absolute Gasteiger partial charge is 0.508 e. The molecular formula is C51H71N13O18. The second kappa shape index (κ2) is 31.1. The molecule has 0 radical (unpaired) electrons. The summed E-state index contributed by atoms with van der Waals surface area (Å²) in [6.45, 7) is -0.860. The molecule has 0 aromatic heterocycles. The van der Waals surface area contributed by atoms with Gasteiger partial charge in [-0.25, -0.2) is 4.79 Å². The number of aromatic hydroxyl groups is 2. The normalized spacial score (nSPS) is 17.7. The van der Waals surface area contributed by atoms with Crippen LogP contribution < -0.4 is 60.2 Å². The first-order valence-corrected chi connectivity index (χ1v) is 26.1. The monoisotopic (exact) mass is 1150 g/mol. The predicted octanol–water partition coefficient (Wildman–Crippen LogP) is -6.92. The minimum absolute atomic E-state index is 0.0338. The van der Waals surface area contributed by atoms with Crippen LogP contribution in [0, 0.1) is 0 Å². The fourth-order valence-electron chi connectivity index (χ4n) is 8.99. The van der Waals surface area contributed by atoms with E-state index in [1.165, 1.54) is 53.4 Å². The lowest BCUT2D eigenvalue weighted by Gasteiger charge is -2.33. The van der Waals surface area contributed by atoms with Gasteiger partial charge in [0.05, 0.1) is 31.7 Å². The Morgan fingerprint density at radius 3 is 1.60 bits per heavy atom. The van der Waals surface area contributed by atoms with Gasteiger partial charge in [-0.05, 0) is 80.8 Å². The first kappa shape index (κ1) is 65.5. The quantitative estimate of drug-likeness (QED) is 0.0334. The van der Waals surface area contributed by atoms with E-state index in [0.29, 0.717) is 17.5 Å². The smallest absolute Gasteiger partial charge is 0.328 e. The number of nitrogens with one attached hydrogen (secondary N) is 7. The summed E-state index contributed by atoms with van der Waals surface area (Å²) in [6, 6.07) is -2.61. The Labute approximate surface area is 469 Å². The van der Waals surface area contributed by atoms with Crippen molar-refractivity contribution in [1.82, 2.24) is 47.0 Å². The summed E-state index contributed by atoms with van der Waals surface area (Å²) in [7, 11) is 0. The topological polar surface area (TPSA) is 518 Å². The van der Waals surface area contributed by atoms with Gasteiger partial charge in [-0.15, -0.1) is 0 Å². The van der Waals surface area contributed by atoms with Crippen molar-refractivity contribution in [3.63, 3.8) is 0 Å². The lowest BCUT2D eigenvalue weighted by atomic mass is 10.0. The Hall–Kier alpha value is -8.97. The first-order valence-electron chi connectivity index (χ1n) is 26.1. The number of carbonyl (C=O) groups is 13. The zero-order valence-corrected chi connectivity index (χ0v) is 44.7. The van der Waals surface area contributed by atoms with E-state index in [0.717, 1.165) is 11.8 Å². The Balaban J connectivity index is 1.45. The predicted molar refractivity (Wildman–Crippen MR) is 283 cm³/mol. The highest BCUT2D eigenvalue weighted by Gasteiger charge is 2.45. The minimum atomic E-state index is -1.83. The molecule has 31 nitrogen and oxygen atoms in total. The number of benzene rings is 2. The van der Waals surface area contributed by atoms with E-state index in [-0.39, 0.29) is 76.0 Å². The first-order chi connectivity index (χ1) is 38.7. The lowest BCUT2D eigenvalue weighted by Crippen LogP contribution is -2.60. The van der Waals surface area contributed by atoms with Crippen molar-refractivity contribution in [2.45, 2.75) is 138 Å². The van der Waals surface area contributed by atoms with Gasteiger partial charge in [0.15, 0.2) is 6.04 Å². The van der Waals surface area contributed by atoms with E-state index in [4.69, 9.17) is 22.9 Å². The third kappa shape index (κ3) is 20.0.